The standard InChI is InChI=1S/C27H24ClF3N2O3/c1-16-11-17(13-18(28)12-16)26(2)14-23(33-36-26)21-7-8-22(20-6-4-3-5-19(20)21)24(34)9-10-25(35)32-15-27(29,30)31/h3-8,11-13H,9-10,14-15H2,1-2H3,(H,32,35)/t26-/m1/s1. The van der Waals surface area contributed by atoms with E-state index in [1.54, 1.807) is 29.6 Å². The van der Waals surface area contributed by atoms with E-state index in [2.05, 4.69) is 5.16 Å². The number of ketones is 1. The first kappa shape index (κ1) is 25.7. The van der Waals surface area contributed by atoms with E-state index < -0.39 is 24.2 Å². The number of hydrogen-bond donors (Lipinski definition) is 1. The number of carbonyl (C=O) groups excluding carboxylic acids is 2. The molecule has 0 fully saturated rings. The summed E-state index contributed by atoms with van der Waals surface area (Å²) in [6, 6.07) is 16.5. The second-order valence-electron chi connectivity index (χ2n) is 9.08. The summed E-state index contributed by atoms with van der Waals surface area (Å²) in [5.41, 5.74) is 3.14. The van der Waals surface area contributed by atoms with Crippen LogP contribution in [0.2, 0.25) is 5.02 Å². The van der Waals surface area contributed by atoms with Gasteiger partial charge >= 0.3 is 6.18 Å². The SMILES string of the molecule is Cc1cc(Cl)cc([C@@]2(C)CC(c3ccc(C(=O)CCC(=O)NCC(F)(F)F)c4ccccc34)=NO2)c1. The van der Waals surface area contributed by atoms with E-state index in [4.69, 9.17) is 16.4 Å². The Morgan fingerprint density at radius 1 is 1.08 bits per heavy atom. The second-order valence-corrected chi connectivity index (χ2v) is 9.51. The molecule has 0 spiro atoms. The Morgan fingerprint density at radius 3 is 2.50 bits per heavy atom. The van der Waals surface area contributed by atoms with Gasteiger partial charge in [0, 0.05) is 35.4 Å². The van der Waals surface area contributed by atoms with Gasteiger partial charge in [-0.2, -0.15) is 13.2 Å². The molecule has 0 aliphatic carbocycles. The number of fused-ring (bicyclic) bond motifs is 1. The summed E-state index contributed by atoms with van der Waals surface area (Å²) < 4.78 is 36.9. The maximum atomic E-state index is 12.9. The molecule has 9 heteroatoms. The van der Waals surface area contributed by atoms with E-state index in [1.165, 1.54) is 0 Å². The predicted octanol–water partition coefficient (Wildman–Crippen LogP) is 6.48. The zero-order valence-corrected chi connectivity index (χ0v) is 20.5. The molecule has 0 aromatic heterocycles. The molecule has 5 nitrogen and oxygen atoms in total. The van der Waals surface area contributed by atoms with Crippen molar-refractivity contribution in [2.45, 2.75) is 44.9 Å². The van der Waals surface area contributed by atoms with Crippen molar-refractivity contribution >= 4 is 39.8 Å². The lowest BCUT2D eigenvalue weighted by molar-refractivity contribution is -0.138. The Labute approximate surface area is 211 Å². The van der Waals surface area contributed by atoms with Gasteiger partial charge < -0.3 is 10.2 Å². The van der Waals surface area contributed by atoms with Gasteiger partial charge in [-0.1, -0.05) is 59.2 Å². The minimum absolute atomic E-state index is 0.205. The number of carbonyl (C=O) groups is 2. The number of hydrogen-bond acceptors (Lipinski definition) is 4. The third-order valence-electron chi connectivity index (χ3n) is 6.12. The molecular weight excluding hydrogens is 493 g/mol. The quantitative estimate of drug-likeness (QED) is 0.365. The van der Waals surface area contributed by atoms with E-state index in [1.807, 2.05) is 44.2 Å². The van der Waals surface area contributed by atoms with Crippen molar-refractivity contribution < 1.29 is 27.6 Å². The molecule has 1 N–H and O–H groups in total. The summed E-state index contributed by atoms with van der Waals surface area (Å²) in [5.74, 6) is -1.15. The van der Waals surface area contributed by atoms with Crippen LogP contribution in [-0.2, 0) is 15.2 Å². The maximum Gasteiger partial charge on any atom is 0.405 e. The van der Waals surface area contributed by atoms with Crippen molar-refractivity contribution in [2.24, 2.45) is 5.16 Å². The van der Waals surface area contributed by atoms with Gasteiger partial charge in [-0.25, -0.2) is 0 Å². The number of Topliss-reactive ketones (excluding diaryl/α,β-unsaturated/α-hetero) is 1. The van der Waals surface area contributed by atoms with Gasteiger partial charge in [0.1, 0.15) is 6.54 Å². The van der Waals surface area contributed by atoms with Gasteiger partial charge in [0.2, 0.25) is 5.91 Å². The Balaban J connectivity index is 1.55. The molecule has 3 aromatic rings. The highest BCUT2D eigenvalue weighted by atomic mass is 35.5. The normalized spacial score (nSPS) is 17.6. The number of halogens is 4. The van der Waals surface area contributed by atoms with Crippen molar-refractivity contribution in [1.82, 2.24) is 5.32 Å². The van der Waals surface area contributed by atoms with Crippen molar-refractivity contribution in [3.05, 3.63) is 81.9 Å². The number of alkyl halides is 3. The highest BCUT2D eigenvalue weighted by molar-refractivity contribution is 6.30. The van der Waals surface area contributed by atoms with Crippen LogP contribution in [-0.4, -0.2) is 30.1 Å². The lowest BCUT2D eigenvalue weighted by atomic mass is 9.86. The van der Waals surface area contributed by atoms with Crippen LogP contribution in [0.1, 0.15) is 53.2 Å². The number of nitrogens with one attached hydrogen (secondary N) is 1. The molecule has 0 saturated heterocycles. The molecule has 1 atom stereocenters. The Kier molecular flexibility index (Phi) is 7.09. The topological polar surface area (TPSA) is 67.8 Å². The van der Waals surface area contributed by atoms with E-state index in [0.717, 1.165) is 27.8 Å². The molecule has 3 aromatic carbocycles. The summed E-state index contributed by atoms with van der Waals surface area (Å²) in [5, 5.41) is 8.23. The first-order valence-corrected chi connectivity index (χ1v) is 11.7. The average Bonchev–Trinajstić information content (AvgIpc) is 3.22. The summed E-state index contributed by atoms with van der Waals surface area (Å²) >= 11 is 6.25. The number of oxime groups is 1. The monoisotopic (exact) mass is 516 g/mol. The molecule has 1 aliphatic heterocycles. The first-order valence-electron chi connectivity index (χ1n) is 11.4. The van der Waals surface area contributed by atoms with Crippen molar-refractivity contribution in [2.75, 3.05) is 6.54 Å². The van der Waals surface area contributed by atoms with E-state index in [9.17, 15) is 22.8 Å². The Hall–Kier alpha value is -3.39. The molecule has 1 heterocycles. The lowest BCUT2D eigenvalue weighted by Gasteiger charge is -2.22. The van der Waals surface area contributed by atoms with Gasteiger partial charge in [-0.15, -0.1) is 0 Å². The van der Waals surface area contributed by atoms with Gasteiger partial charge in [0.05, 0.1) is 5.71 Å². The van der Waals surface area contributed by atoms with E-state index >= 15 is 0 Å². The minimum Gasteiger partial charge on any atom is -0.384 e. The van der Waals surface area contributed by atoms with E-state index in [-0.39, 0.29) is 18.6 Å². The fourth-order valence-electron chi connectivity index (χ4n) is 4.32. The van der Waals surface area contributed by atoms with Crippen LogP contribution in [0.3, 0.4) is 0 Å². The van der Waals surface area contributed by atoms with Crippen molar-refractivity contribution in [1.29, 1.82) is 0 Å². The van der Waals surface area contributed by atoms with Crippen LogP contribution in [0.15, 0.2) is 59.8 Å². The highest BCUT2D eigenvalue weighted by Crippen LogP contribution is 2.39. The summed E-state index contributed by atoms with van der Waals surface area (Å²) in [4.78, 5) is 30.5. The fourth-order valence-corrected chi connectivity index (χ4v) is 4.61. The third-order valence-corrected chi connectivity index (χ3v) is 6.33. The van der Waals surface area contributed by atoms with Gasteiger partial charge in [-0.3, -0.25) is 9.59 Å². The average molecular weight is 517 g/mol. The molecule has 0 bridgehead atoms. The molecule has 0 saturated carbocycles. The second kappa shape index (κ2) is 9.93. The van der Waals surface area contributed by atoms with Gasteiger partial charge in [0.15, 0.2) is 11.4 Å². The zero-order valence-electron chi connectivity index (χ0n) is 19.7. The third kappa shape index (κ3) is 5.70. The van der Waals surface area contributed by atoms with Crippen LogP contribution < -0.4 is 5.32 Å². The summed E-state index contributed by atoms with van der Waals surface area (Å²) in [6.07, 6.45) is -4.55. The molecular formula is C27H24ClF3N2O3. The number of aryl methyl sites for hydroxylation is 1. The molecule has 1 amide bonds. The summed E-state index contributed by atoms with van der Waals surface area (Å²) in [6.45, 7) is 2.48. The number of benzene rings is 3. The van der Waals surface area contributed by atoms with Crippen LogP contribution >= 0.6 is 11.6 Å². The Bertz CT molecular complexity index is 1350. The molecule has 4 rings (SSSR count). The maximum absolute atomic E-state index is 12.9. The van der Waals surface area contributed by atoms with Gasteiger partial charge in [0.25, 0.3) is 0 Å². The number of nitrogens with zero attached hydrogens (tertiary/aromatic N) is 1. The Morgan fingerprint density at radius 2 is 1.81 bits per heavy atom. The number of amides is 1. The van der Waals surface area contributed by atoms with Crippen LogP contribution in [0, 0.1) is 6.92 Å². The lowest BCUT2D eigenvalue weighted by Crippen LogP contribution is -2.33. The van der Waals surface area contributed by atoms with E-state index in [0.29, 0.717) is 22.4 Å². The predicted molar refractivity (Wildman–Crippen MR) is 132 cm³/mol. The van der Waals surface area contributed by atoms with Crippen LogP contribution in [0.25, 0.3) is 10.8 Å². The minimum atomic E-state index is -4.50. The molecule has 0 unspecified atom stereocenters. The zero-order chi connectivity index (χ0) is 26.1. The first-order chi connectivity index (χ1) is 16.9. The summed E-state index contributed by atoms with van der Waals surface area (Å²) in [7, 11) is 0. The smallest absolute Gasteiger partial charge is 0.384 e. The van der Waals surface area contributed by atoms with Crippen LogP contribution in [0.5, 0.6) is 0 Å². The largest absolute Gasteiger partial charge is 0.405 e. The number of rotatable bonds is 7. The van der Waals surface area contributed by atoms with Crippen molar-refractivity contribution in [3.63, 3.8) is 0 Å². The molecule has 36 heavy (non-hydrogen) atoms. The highest BCUT2D eigenvalue weighted by Gasteiger charge is 2.37. The van der Waals surface area contributed by atoms with Gasteiger partial charge in [-0.05, 0) is 47.9 Å². The molecule has 188 valence electrons. The molecule has 1 aliphatic rings. The molecule has 0 radical (unpaired) electrons. The fraction of sp³-hybridized carbons (Fsp3) is 0.296. The van der Waals surface area contributed by atoms with Crippen molar-refractivity contribution in [3.8, 4) is 0 Å². The van der Waals surface area contributed by atoms with Crippen LogP contribution in [0.4, 0.5) is 13.2 Å².